The molecule has 0 aliphatic rings. The smallest absolute Gasteiger partial charge is 0.190 e. The highest BCUT2D eigenvalue weighted by atomic mass is 32.1. The molecule has 1 rings (SSSR count). The highest BCUT2D eigenvalue weighted by molar-refractivity contribution is 7.09. The quantitative estimate of drug-likeness (QED) is 0.597. The zero-order valence-electron chi connectivity index (χ0n) is 12.5. The Morgan fingerprint density at radius 3 is 2.63 bits per heavy atom. The molecule has 19 heavy (non-hydrogen) atoms. The molecule has 1 aromatic heterocycles. The molecule has 0 aliphatic carbocycles. The molecular weight excluding hydrogens is 256 g/mol. The SMILES string of the molecule is CCC(CC)CNC(=NC)NCCc1csc(C)n1. The second kappa shape index (κ2) is 8.91. The number of nitrogens with one attached hydrogen (secondary N) is 2. The van der Waals surface area contributed by atoms with E-state index >= 15 is 0 Å². The van der Waals surface area contributed by atoms with Gasteiger partial charge in [0.05, 0.1) is 10.7 Å². The first-order valence-corrected chi connectivity index (χ1v) is 7.93. The average Bonchev–Trinajstić information content (AvgIpc) is 2.83. The topological polar surface area (TPSA) is 49.3 Å². The van der Waals surface area contributed by atoms with Crippen molar-refractivity contribution in [1.82, 2.24) is 15.6 Å². The maximum atomic E-state index is 4.45. The van der Waals surface area contributed by atoms with Crippen LogP contribution in [0.2, 0.25) is 0 Å². The molecule has 1 aromatic rings. The van der Waals surface area contributed by atoms with E-state index in [9.17, 15) is 0 Å². The van der Waals surface area contributed by atoms with Crippen LogP contribution in [0.4, 0.5) is 0 Å². The van der Waals surface area contributed by atoms with E-state index in [2.05, 4.69) is 39.8 Å². The van der Waals surface area contributed by atoms with Gasteiger partial charge in [0, 0.05) is 31.9 Å². The van der Waals surface area contributed by atoms with E-state index in [1.54, 1.807) is 11.3 Å². The lowest BCUT2D eigenvalue weighted by Gasteiger charge is -2.16. The second-order valence-electron chi connectivity index (χ2n) is 4.67. The molecule has 4 nitrogen and oxygen atoms in total. The van der Waals surface area contributed by atoms with E-state index in [1.807, 2.05) is 14.0 Å². The maximum Gasteiger partial charge on any atom is 0.190 e. The van der Waals surface area contributed by atoms with Crippen LogP contribution in [0.15, 0.2) is 10.4 Å². The molecule has 0 fully saturated rings. The fourth-order valence-electron chi connectivity index (χ4n) is 1.87. The summed E-state index contributed by atoms with van der Waals surface area (Å²) in [5.74, 6) is 1.61. The van der Waals surface area contributed by atoms with Gasteiger partial charge in [-0.05, 0) is 12.8 Å². The summed E-state index contributed by atoms with van der Waals surface area (Å²) in [5, 5.41) is 9.97. The molecule has 0 saturated heterocycles. The van der Waals surface area contributed by atoms with Gasteiger partial charge >= 0.3 is 0 Å². The fourth-order valence-corrected chi connectivity index (χ4v) is 2.52. The molecule has 0 atom stereocenters. The van der Waals surface area contributed by atoms with E-state index in [0.717, 1.165) is 42.1 Å². The third-order valence-corrected chi connectivity index (χ3v) is 4.10. The van der Waals surface area contributed by atoms with E-state index in [0.29, 0.717) is 0 Å². The van der Waals surface area contributed by atoms with Crippen LogP contribution in [0.1, 0.15) is 37.4 Å². The van der Waals surface area contributed by atoms with Crippen molar-refractivity contribution in [3.8, 4) is 0 Å². The minimum atomic E-state index is 0.722. The number of rotatable bonds is 7. The molecule has 0 aromatic carbocycles. The van der Waals surface area contributed by atoms with Crippen LogP contribution in [-0.2, 0) is 6.42 Å². The largest absolute Gasteiger partial charge is 0.356 e. The average molecular weight is 282 g/mol. The normalized spacial score (nSPS) is 11.9. The highest BCUT2D eigenvalue weighted by Crippen LogP contribution is 2.07. The third kappa shape index (κ3) is 6.05. The Bertz CT molecular complexity index is 383. The van der Waals surface area contributed by atoms with Gasteiger partial charge in [-0.3, -0.25) is 4.99 Å². The molecule has 0 saturated carbocycles. The van der Waals surface area contributed by atoms with Gasteiger partial charge in [-0.15, -0.1) is 11.3 Å². The van der Waals surface area contributed by atoms with Crippen LogP contribution >= 0.6 is 11.3 Å². The van der Waals surface area contributed by atoms with Crippen molar-refractivity contribution in [3.05, 3.63) is 16.1 Å². The van der Waals surface area contributed by atoms with Crippen molar-refractivity contribution in [2.75, 3.05) is 20.1 Å². The number of guanidine groups is 1. The Kier molecular flexibility index (Phi) is 7.48. The number of nitrogens with zero attached hydrogens (tertiary/aromatic N) is 2. The summed E-state index contributed by atoms with van der Waals surface area (Å²) in [7, 11) is 1.81. The zero-order valence-corrected chi connectivity index (χ0v) is 13.3. The number of aliphatic imine (C=N–C) groups is 1. The van der Waals surface area contributed by atoms with E-state index in [1.165, 1.54) is 12.8 Å². The van der Waals surface area contributed by atoms with Crippen LogP contribution in [-0.4, -0.2) is 31.1 Å². The van der Waals surface area contributed by atoms with Gasteiger partial charge < -0.3 is 10.6 Å². The van der Waals surface area contributed by atoms with Gasteiger partial charge in [0.2, 0.25) is 0 Å². The summed E-state index contributed by atoms with van der Waals surface area (Å²) in [6.45, 7) is 8.36. The number of aromatic nitrogens is 1. The van der Waals surface area contributed by atoms with Crippen LogP contribution in [0.5, 0.6) is 0 Å². The van der Waals surface area contributed by atoms with Gasteiger partial charge in [0.25, 0.3) is 0 Å². The lowest BCUT2D eigenvalue weighted by Crippen LogP contribution is -2.40. The standard InChI is InChI=1S/C14H26N4S/c1-5-12(6-2)9-17-14(15-4)16-8-7-13-10-19-11(3)18-13/h10,12H,5-9H2,1-4H3,(H2,15,16,17). The predicted molar refractivity (Wildman–Crippen MR) is 84.0 cm³/mol. The molecule has 108 valence electrons. The first kappa shape index (κ1) is 16.0. The van der Waals surface area contributed by atoms with Crippen molar-refractivity contribution < 1.29 is 0 Å². The number of thiazole rings is 1. The van der Waals surface area contributed by atoms with Crippen LogP contribution in [0, 0.1) is 12.8 Å². The van der Waals surface area contributed by atoms with Crippen molar-refractivity contribution in [1.29, 1.82) is 0 Å². The number of aryl methyl sites for hydroxylation is 1. The van der Waals surface area contributed by atoms with Gasteiger partial charge in [0.15, 0.2) is 5.96 Å². The molecule has 0 aliphatic heterocycles. The Hall–Kier alpha value is -1.10. The summed E-state index contributed by atoms with van der Waals surface area (Å²) in [6.07, 6.45) is 3.35. The minimum Gasteiger partial charge on any atom is -0.356 e. The summed E-state index contributed by atoms with van der Waals surface area (Å²) in [5.41, 5.74) is 1.16. The van der Waals surface area contributed by atoms with E-state index < -0.39 is 0 Å². The van der Waals surface area contributed by atoms with Gasteiger partial charge in [-0.1, -0.05) is 26.7 Å². The lowest BCUT2D eigenvalue weighted by atomic mass is 10.0. The highest BCUT2D eigenvalue weighted by Gasteiger charge is 2.05. The molecule has 0 unspecified atom stereocenters. The van der Waals surface area contributed by atoms with E-state index in [-0.39, 0.29) is 0 Å². The van der Waals surface area contributed by atoms with Crippen LogP contribution < -0.4 is 10.6 Å². The Morgan fingerprint density at radius 1 is 1.37 bits per heavy atom. The molecule has 0 bridgehead atoms. The number of hydrogen-bond acceptors (Lipinski definition) is 3. The minimum absolute atomic E-state index is 0.722. The Balaban J connectivity index is 2.25. The Morgan fingerprint density at radius 2 is 2.11 bits per heavy atom. The van der Waals surface area contributed by atoms with Crippen LogP contribution in [0.25, 0.3) is 0 Å². The van der Waals surface area contributed by atoms with Crippen LogP contribution in [0.3, 0.4) is 0 Å². The molecule has 0 spiro atoms. The zero-order chi connectivity index (χ0) is 14.1. The first-order chi connectivity index (χ1) is 9.19. The maximum absolute atomic E-state index is 4.45. The lowest BCUT2D eigenvalue weighted by molar-refractivity contribution is 0.481. The number of hydrogen-bond donors (Lipinski definition) is 2. The summed E-state index contributed by atoms with van der Waals surface area (Å²) in [4.78, 5) is 8.69. The van der Waals surface area contributed by atoms with Gasteiger partial charge in [0.1, 0.15) is 0 Å². The first-order valence-electron chi connectivity index (χ1n) is 7.05. The fraction of sp³-hybridized carbons (Fsp3) is 0.714. The Labute approximate surface area is 120 Å². The van der Waals surface area contributed by atoms with Crippen molar-refractivity contribution in [2.45, 2.75) is 40.0 Å². The molecule has 0 amide bonds. The summed E-state index contributed by atoms with van der Waals surface area (Å²) >= 11 is 1.70. The monoisotopic (exact) mass is 282 g/mol. The molecular formula is C14H26N4S. The van der Waals surface area contributed by atoms with Gasteiger partial charge in [-0.25, -0.2) is 4.98 Å². The predicted octanol–water partition coefficient (Wildman–Crippen LogP) is 2.60. The van der Waals surface area contributed by atoms with Gasteiger partial charge in [-0.2, -0.15) is 0 Å². The molecule has 2 N–H and O–H groups in total. The summed E-state index contributed by atoms with van der Waals surface area (Å²) < 4.78 is 0. The molecule has 0 radical (unpaired) electrons. The second-order valence-corrected chi connectivity index (χ2v) is 5.73. The molecule has 5 heteroatoms. The van der Waals surface area contributed by atoms with E-state index in [4.69, 9.17) is 0 Å². The summed E-state index contributed by atoms with van der Waals surface area (Å²) in [6, 6.07) is 0. The van der Waals surface area contributed by atoms with Crippen molar-refractivity contribution in [2.24, 2.45) is 10.9 Å². The van der Waals surface area contributed by atoms with Crippen molar-refractivity contribution in [3.63, 3.8) is 0 Å². The molecule has 1 heterocycles. The van der Waals surface area contributed by atoms with Crippen molar-refractivity contribution >= 4 is 17.3 Å². The third-order valence-electron chi connectivity index (χ3n) is 3.28.